The Balaban J connectivity index is 2.03. The van der Waals surface area contributed by atoms with Crippen LogP contribution < -0.4 is 0 Å². The lowest BCUT2D eigenvalue weighted by atomic mass is 9.97. The summed E-state index contributed by atoms with van der Waals surface area (Å²) in [7, 11) is 0. The fourth-order valence-corrected chi connectivity index (χ4v) is 3.01. The Morgan fingerprint density at radius 3 is 2.61 bits per heavy atom. The third kappa shape index (κ3) is 3.15. The first kappa shape index (κ1) is 15.8. The lowest BCUT2D eigenvalue weighted by molar-refractivity contribution is 0.103. The van der Waals surface area contributed by atoms with Gasteiger partial charge in [-0.25, -0.2) is 0 Å². The van der Waals surface area contributed by atoms with Gasteiger partial charge in [-0.15, -0.1) is 0 Å². The van der Waals surface area contributed by atoms with Crippen molar-refractivity contribution in [2.45, 2.75) is 19.9 Å². The molecule has 1 aliphatic heterocycles. The molecule has 1 atom stereocenters. The molecule has 2 aromatic carbocycles. The summed E-state index contributed by atoms with van der Waals surface area (Å²) in [5.74, 6) is 0.911. The highest BCUT2D eigenvalue weighted by Gasteiger charge is 2.25. The molecule has 118 valence electrons. The Kier molecular flexibility index (Phi) is 4.49. The third-order valence-corrected chi connectivity index (χ3v) is 4.28. The molecule has 0 saturated heterocycles. The van der Waals surface area contributed by atoms with Crippen molar-refractivity contribution in [3.63, 3.8) is 0 Å². The van der Waals surface area contributed by atoms with Crippen molar-refractivity contribution in [1.29, 1.82) is 0 Å². The van der Waals surface area contributed by atoms with Crippen LogP contribution >= 0.6 is 11.6 Å². The second-order valence-electron chi connectivity index (χ2n) is 5.72. The number of benzene rings is 2. The minimum Gasteiger partial charge on any atom is -0.355 e. The van der Waals surface area contributed by atoms with Crippen LogP contribution in [0.15, 0.2) is 53.5 Å². The largest absolute Gasteiger partial charge is 0.355 e. The van der Waals surface area contributed by atoms with E-state index in [2.05, 4.69) is 18.7 Å². The molecule has 23 heavy (non-hydrogen) atoms. The summed E-state index contributed by atoms with van der Waals surface area (Å²) >= 11 is 5.91. The number of carbonyl (C=O) groups excluding carboxylic acids is 1. The zero-order valence-electron chi connectivity index (χ0n) is 13.3. The molecule has 2 aromatic rings. The van der Waals surface area contributed by atoms with E-state index in [1.165, 1.54) is 0 Å². The number of carbonyl (C=O) groups is 1. The van der Waals surface area contributed by atoms with Gasteiger partial charge in [-0.05, 0) is 38.1 Å². The first-order valence-corrected chi connectivity index (χ1v) is 8.20. The van der Waals surface area contributed by atoms with E-state index in [0.29, 0.717) is 16.1 Å². The summed E-state index contributed by atoms with van der Waals surface area (Å²) in [5.41, 5.74) is 2.22. The van der Waals surface area contributed by atoms with Gasteiger partial charge in [0.2, 0.25) is 0 Å². The molecule has 0 amide bonds. The van der Waals surface area contributed by atoms with Crippen LogP contribution in [-0.2, 0) is 0 Å². The van der Waals surface area contributed by atoms with E-state index in [4.69, 9.17) is 16.6 Å². The lowest BCUT2D eigenvalue weighted by Gasteiger charge is -2.20. The Bertz CT molecular complexity index is 752. The van der Waals surface area contributed by atoms with Gasteiger partial charge in [0.25, 0.3) is 0 Å². The van der Waals surface area contributed by atoms with Crippen molar-refractivity contribution in [3.05, 3.63) is 70.2 Å². The average Bonchev–Trinajstić information content (AvgIpc) is 2.96. The van der Waals surface area contributed by atoms with Crippen LogP contribution in [0.5, 0.6) is 0 Å². The van der Waals surface area contributed by atoms with Crippen LogP contribution in [0.4, 0.5) is 0 Å². The van der Waals surface area contributed by atoms with E-state index in [0.717, 1.165) is 24.5 Å². The van der Waals surface area contributed by atoms with Crippen molar-refractivity contribution in [3.8, 4) is 0 Å². The third-order valence-electron chi connectivity index (χ3n) is 4.03. The number of amidine groups is 1. The van der Waals surface area contributed by atoms with Gasteiger partial charge in [-0.1, -0.05) is 35.9 Å². The van der Waals surface area contributed by atoms with Crippen molar-refractivity contribution in [2.24, 2.45) is 4.99 Å². The Labute approximate surface area is 141 Å². The van der Waals surface area contributed by atoms with Gasteiger partial charge < -0.3 is 4.90 Å². The van der Waals surface area contributed by atoms with Gasteiger partial charge in [0.15, 0.2) is 5.78 Å². The van der Waals surface area contributed by atoms with E-state index < -0.39 is 0 Å². The van der Waals surface area contributed by atoms with Crippen molar-refractivity contribution < 1.29 is 4.79 Å². The van der Waals surface area contributed by atoms with Crippen LogP contribution in [0.1, 0.15) is 35.3 Å². The summed E-state index contributed by atoms with van der Waals surface area (Å²) in [5, 5.41) is 0.626. The highest BCUT2D eigenvalue weighted by molar-refractivity contribution is 6.30. The smallest absolute Gasteiger partial charge is 0.193 e. The fourth-order valence-electron chi connectivity index (χ4n) is 2.89. The molecule has 4 heteroatoms. The molecule has 0 N–H and O–H groups in total. The first-order valence-electron chi connectivity index (χ1n) is 7.82. The average molecular weight is 327 g/mol. The van der Waals surface area contributed by atoms with E-state index in [1.807, 2.05) is 24.3 Å². The standard InChI is InChI=1S/C19H19ClN2O/c1-3-22-12-13(2)21-19(22)17-7-5-4-6-16(17)18(23)14-8-10-15(20)11-9-14/h4-11,13H,3,12H2,1-2H3. The van der Waals surface area contributed by atoms with Gasteiger partial charge in [0.1, 0.15) is 5.84 Å². The molecule has 0 spiro atoms. The highest BCUT2D eigenvalue weighted by Crippen LogP contribution is 2.22. The van der Waals surface area contributed by atoms with Gasteiger partial charge in [-0.2, -0.15) is 0 Å². The second kappa shape index (κ2) is 6.55. The number of ketones is 1. The number of aliphatic imine (C=N–C) groups is 1. The topological polar surface area (TPSA) is 32.7 Å². The molecule has 1 unspecified atom stereocenters. The molecule has 1 heterocycles. The van der Waals surface area contributed by atoms with Crippen LogP contribution in [0.25, 0.3) is 0 Å². The maximum absolute atomic E-state index is 12.9. The Morgan fingerprint density at radius 1 is 1.22 bits per heavy atom. The molecule has 0 aliphatic carbocycles. The molecule has 0 fully saturated rings. The molecular weight excluding hydrogens is 308 g/mol. The number of hydrogen-bond acceptors (Lipinski definition) is 3. The van der Waals surface area contributed by atoms with Crippen LogP contribution in [0.3, 0.4) is 0 Å². The normalized spacial score (nSPS) is 17.3. The number of nitrogens with zero attached hydrogens (tertiary/aromatic N) is 2. The first-order chi connectivity index (χ1) is 11.1. The lowest BCUT2D eigenvalue weighted by Crippen LogP contribution is -2.30. The van der Waals surface area contributed by atoms with Gasteiger partial charge in [0.05, 0.1) is 6.04 Å². The van der Waals surface area contributed by atoms with Gasteiger partial charge in [0, 0.05) is 34.8 Å². The van der Waals surface area contributed by atoms with Crippen molar-refractivity contribution in [2.75, 3.05) is 13.1 Å². The van der Waals surface area contributed by atoms with E-state index >= 15 is 0 Å². The van der Waals surface area contributed by atoms with E-state index in [-0.39, 0.29) is 11.8 Å². The van der Waals surface area contributed by atoms with Crippen LogP contribution in [0.2, 0.25) is 5.02 Å². The van der Waals surface area contributed by atoms with Crippen molar-refractivity contribution >= 4 is 23.2 Å². The predicted octanol–water partition coefficient (Wildman–Crippen LogP) is 4.04. The Hall–Kier alpha value is -2.13. The quantitative estimate of drug-likeness (QED) is 0.794. The minimum atomic E-state index is -0.00410. The summed E-state index contributed by atoms with van der Waals surface area (Å²) in [6, 6.07) is 14.9. The summed E-state index contributed by atoms with van der Waals surface area (Å²) in [6.45, 7) is 5.98. The summed E-state index contributed by atoms with van der Waals surface area (Å²) < 4.78 is 0. The monoisotopic (exact) mass is 326 g/mol. The number of halogens is 1. The van der Waals surface area contributed by atoms with Crippen LogP contribution in [-0.4, -0.2) is 35.7 Å². The van der Waals surface area contributed by atoms with E-state index in [9.17, 15) is 4.79 Å². The number of rotatable bonds is 4. The molecule has 0 radical (unpaired) electrons. The molecule has 0 saturated carbocycles. The molecule has 0 aromatic heterocycles. The van der Waals surface area contributed by atoms with Gasteiger partial charge >= 0.3 is 0 Å². The SMILES string of the molecule is CCN1CC(C)N=C1c1ccccc1C(=O)c1ccc(Cl)cc1. The maximum Gasteiger partial charge on any atom is 0.193 e. The number of hydrogen-bond donors (Lipinski definition) is 0. The maximum atomic E-state index is 12.9. The Morgan fingerprint density at radius 2 is 1.91 bits per heavy atom. The number of likely N-dealkylation sites (N-methyl/N-ethyl adjacent to an activating group) is 1. The summed E-state index contributed by atoms with van der Waals surface area (Å²) in [6.07, 6.45) is 0. The van der Waals surface area contributed by atoms with Crippen molar-refractivity contribution in [1.82, 2.24) is 4.90 Å². The highest BCUT2D eigenvalue weighted by atomic mass is 35.5. The molecule has 3 nitrogen and oxygen atoms in total. The summed E-state index contributed by atoms with van der Waals surface area (Å²) in [4.78, 5) is 19.8. The fraction of sp³-hybridized carbons (Fsp3) is 0.263. The van der Waals surface area contributed by atoms with E-state index in [1.54, 1.807) is 24.3 Å². The predicted molar refractivity (Wildman–Crippen MR) is 94.6 cm³/mol. The van der Waals surface area contributed by atoms with Gasteiger partial charge in [-0.3, -0.25) is 9.79 Å². The second-order valence-corrected chi connectivity index (χ2v) is 6.16. The minimum absolute atomic E-state index is 0.00410. The zero-order chi connectivity index (χ0) is 16.4. The molecule has 1 aliphatic rings. The molecular formula is C19H19ClN2O. The zero-order valence-corrected chi connectivity index (χ0v) is 14.0. The molecule has 3 rings (SSSR count). The molecule has 0 bridgehead atoms. The van der Waals surface area contributed by atoms with Crippen LogP contribution in [0, 0.1) is 0 Å².